The van der Waals surface area contributed by atoms with Gasteiger partial charge < -0.3 is 18.0 Å². The molecule has 0 radical (unpaired) electrons. The molecule has 72 heavy (non-hydrogen) atoms. The SMILES string of the molecule is N#Cc1c(-c2ccc(-c3nc(-c4ccccc4)nc(-c4ccccc4)n3)cc2-n2c3ccccc3c3c4oc5ccccc5c4ccc32)cccc1-n1c2ccccc2c2cc3c(cc21)oc1ccccc13. The zero-order valence-corrected chi connectivity index (χ0v) is 38.3. The molecule has 0 unspecified atom stereocenters. The predicted octanol–water partition coefficient (Wildman–Crippen LogP) is 16.4. The van der Waals surface area contributed by atoms with Gasteiger partial charge in [0, 0.05) is 71.6 Å². The van der Waals surface area contributed by atoms with E-state index >= 15 is 0 Å². The normalized spacial score (nSPS) is 11.9. The van der Waals surface area contributed by atoms with Crippen molar-refractivity contribution in [3.8, 4) is 62.7 Å². The molecule has 10 aromatic carbocycles. The van der Waals surface area contributed by atoms with Crippen LogP contribution in [0.25, 0.3) is 144 Å². The van der Waals surface area contributed by atoms with E-state index in [1.807, 2.05) is 97.1 Å². The molecule has 5 heterocycles. The summed E-state index contributed by atoms with van der Waals surface area (Å²) in [7, 11) is 0. The molecule has 0 saturated carbocycles. The van der Waals surface area contributed by atoms with Crippen LogP contribution >= 0.6 is 0 Å². The fraction of sp³-hybridized carbons (Fsp3) is 0. The number of nitrogens with zero attached hydrogens (tertiary/aromatic N) is 6. The molecule has 0 fully saturated rings. The van der Waals surface area contributed by atoms with Crippen LogP contribution in [0.2, 0.25) is 0 Å². The van der Waals surface area contributed by atoms with Crippen molar-refractivity contribution in [1.82, 2.24) is 24.1 Å². The smallest absolute Gasteiger partial charge is 0.164 e. The van der Waals surface area contributed by atoms with Gasteiger partial charge in [-0.15, -0.1) is 0 Å². The number of furan rings is 2. The van der Waals surface area contributed by atoms with Gasteiger partial charge in [-0.25, -0.2) is 15.0 Å². The molecule has 0 spiro atoms. The monoisotopic (exact) mass is 920 g/mol. The first kappa shape index (κ1) is 39.9. The van der Waals surface area contributed by atoms with E-state index < -0.39 is 0 Å². The maximum atomic E-state index is 11.6. The van der Waals surface area contributed by atoms with Gasteiger partial charge in [-0.1, -0.05) is 158 Å². The first-order chi connectivity index (χ1) is 35.7. The average molecular weight is 921 g/mol. The first-order valence-corrected chi connectivity index (χ1v) is 23.9. The van der Waals surface area contributed by atoms with Crippen molar-refractivity contribution in [2.24, 2.45) is 0 Å². The minimum atomic E-state index is 0.521. The third-order valence-electron chi connectivity index (χ3n) is 14.2. The highest BCUT2D eigenvalue weighted by molar-refractivity contribution is 6.24. The highest BCUT2D eigenvalue weighted by Gasteiger charge is 2.25. The Bertz CT molecular complexity index is 4710. The van der Waals surface area contributed by atoms with Crippen molar-refractivity contribution >= 4 is 87.5 Å². The molecule has 8 heteroatoms. The van der Waals surface area contributed by atoms with Crippen molar-refractivity contribution in [2.45, 2.75) is 0 Å². The summed E-state index contributed by atoms with van der Waals surface area (Å²) in [5, 5.41) is 20.0. The summed E-state index contributed by atoms with van der Waals surface area (Å²) in [6.07, 6.45) is 0. The molecule has 0 N–H and O–H groups in total. The molecule has 334 valence electrons. The Morgan fingerprint density at radius 2 is 0.931 bits per heavy atom. The van der Waals surface area contributed by atoms with Crippen LogP contribution in [-0.4, -0.2) is 24.1 Å². The second-order valence-electron chi connectivity index (χ2n) is 18.2. The van der Waals surface area contributed by atoms with Crippen molar-refractivity contribution < 1.29 is 8.83 Å². The van der Waals surface area contributed by atoms with E-state index in [0.29, 0.717) is 23.0 Å². The number of hydrogen-bond donors (Lipinski definition) is 0. The lowest BCUT2D eigenvalue weighted by atomic mass is 9.95. The zero-order valence-electron chi connectivity index (χ0n) is 38.3. The van der Waals surface area contributed by atoms with Gasteiger partial charge in [0.15, 0.2) is 17.5 Å². The molecule has 0 atom stereocenters. The van der Waals surface area contributed by atoms with Crippen LogP contribution in [0.4, 0.5) is 0 Å². The van der Waals surface area contributed by atoms with Gasteiger partial charge in [-0.3, -0.25) is 0 Å². The van der Waals surface area contributed by atoms with Crippen molar-refractivity contribution in [3.63, 3.8) is 0 Å². The van der Waals surface area contributed by atoms with Crippen molar-refractivity contribution in [3.05, 3.63) is 224 Å². The summed E-state index contributed by atoms with van der Waals surface area (Å²) in [5.41, 5.74) is 13.5. The van der Waals surface area contributed by atoms with Crippen LogP contribution in [0, 0.1) is 11.3 Å². The number of nitriles is 1. The fourth-order valence-electron chi connectivity index (χ4n) is 11.0. The van der Waals surface area contributed by atoms with E-state index in [9.17, 15) is 5.26 Å². The molecular weight excluding hydrogens is 885 g/mol. The highest BCUT2D eigenvalue weighted by atomic mass is 16.3. The second-order valence-corrected chi connectivity index (χ2v) is 18.2. The summed E-state index contributed by atoms with van der Waals surface area (Å²) in [4.78, 5) is 15.4. The Balaban J connectivity index is 1.02. The van der Waals surface area contributed by atoms with E-state index in [0.717, 1.165) is 127 Å². The van der Waals surface area contributed by atoms with Gasteiger partial charge in [-0.05, 0) is 54.6 Å². The lowest BCUT2D eigenvalue weighted by Gasteiger charge is -2.19. The standard InChI is InChI=1S/C64H36N6O2/c65-37-50-41(24-15-27-53(50)69-51-25-11-7-20-42(51)48-35-49-45-22-10-13-28-57(45)71-59(49)36-56(48)69)43-31-30-40(64-67-62(38-16-3-1-4-17-38)66-63(68-64)39-18-5-2-6-19-39)34-55(43)70-52-26-12-8-23-47(52)60-54(70)33-32-46-44-21-9-14-29-58(44)72-61(46)60/h1-36H. The van der Waals surface area contributed by atoms with Crippen LogP contribution in [0.3, 0.4) is 0 Å². The largest absolute Gasteiger partial charge is 0.456 e. The van der Waals surface area contributed by atoms with Gasteiger partial charge in [0.25, 0.3) is 0 Å². The second kappa shape index (κ2) is 15.5. The number of rotatable bonds is 6. The Hall–Kier alpha value is -10.1. The number of fused-ring (bicyclic) bond motifs is 13. The lowest BCUT2D eigenvalue weighted by molar-refractivity contribution is 0.669. The zero-order chi connectivity index (χ0) is 47.4. The van der Waals surface area contributed by atoms with Crippen LogP contribution in [0.5, 0.6) is 0 Å². The number of benzene rings is 10. The van der Waals surface area contributed by atoms with Gasteiger partial charge in [0.2, 0.25) is 0 Å². The Labute approximate surface area is 410 Å². The topological polar surface area (TPSA) is 98.6 Å². The molecule has 8 nitrogen and oxygen atoms in total. The number of para-hydroxylation sites is 4. The lowest BCUT2D eigenvalue weighted by Crippen LogP contribution is -2.04. The van der Waals surface area contributed by atoms with Crippen molar-refractivity contribution in [2.75, 3.05) is 0 Å². The summed E-state index contributed by atoms with van der Waals surface area (Å²) >= 11 is 0. The van der Waals surface area contributed by atoms with Gasteiger partial charge >= 0.3 is 0 Å². The molecule has 15 rings (SSSR count). The Kier molecular flexibility index (Phi) is 8.55. The summed E-state index contributed by atoms with van der Waals surface area (Å²) < 4.78 is 17.8. The average Bonchev–Trinajstić information content (AvgIpc) is 4.20. The van der Waals surface area contributed by atoms with Crippen LogP contribution in [-0.2, 0) is 0 Å². The Morgan fingerprint density at radius 3 is 1.64 bits per heavy atom. The maximum absolute atomic E-state index is 11.6. The van der Waals surface area contributed by atoms with Crippen LogP contribution < -0.4 is 0 Å². The molecule has 0 amide bonds. The summed E-state index contributed by atoms with van der Waals surface area (Å²) in [5.74, 6) is 1.66. The number of hydrogen-bond acceptors (Lipinski definition) is 6. The van der Waals surface area contributed by atoms with Crippen LogP contribution in [0.1, 0.15) is 5.56 Å². The van der Waals surface area contributed by atoms with E-state index in [1.165, 1.54) is 0 Å². The predicted molar refractivity (Wildman–Crippen MR) is 290 cm³/mol. The molecule has 0 aliphatic heterocycles. The van der Waals surface area contributed by atoms with E-state index in [4.69, 9.17) is 23.8 Å². The first-order valence-electron chi connectivity index (χ1n) is 23.9. The highest BCUT2D eigenvalue weighted by Crippen LogP contribution is 2.45. The molecule has 15 aromatic rings. The van der Waals surface area contributed by atoms with Gasteiger partial charge in [-0.2, -0.15) is 5.26 Å². The Morgan fingerprint density at radius 1 is 0.347 bits per heavy atom. The third kappa shape index (κ3) is 5.89. The molecule has 0 bridgehead atoms. The molecule has 0 aliphatic rings. The van der Waals surface area contributed by atoms with Gasteiger partial charge in [0.05, 0.1) is 44.4 Å². The van der Waals surface area contributed by atoms with E-state index in [-0.39, 0.29) is 0 Å². The fourth-order valence-corrected chi connectivity index (χ4v) is 11.0. The molecule has 0 saturated heterocycles. The van der Waals surface area contributed by atoms with E-state index in [2.05, 4.69) is 137 Å². The molecular formula is C64H36N6O2. The quantitative estimate of drug-likeness (QED) is 0.165. The molecule has 0 aliphatic carbocycles. The maximum Gasteiger partial charge on any atom is 0.164 e. The molecule has 5 aromatic heterocycles. The third-order valence-corrected chi connectivity index (χ3v) is 14.2. The summed E-state index contributed by atoms with van der Waals surface area (Å²) in [6, 6.07) is 77.2. The van der Waals surface area contributed by atoms with Gasteiger partial charge in [0.1, 0.15) is 28.4 Å². The number of aromatic nitrogens is 5. The van der Waals surface area contributed by atoms with Crippen LogP contribution in [0.15, 0.2) is 227 Å². The van der Waals surface area contributed by atoms with E-state index in [1.54, 1.807) is 0 Å². The summed E-state index contributed by atoms with van der Waals surface area (Å²) in [6.45, 7) is 0. The minimum absolute atomic E-state index is 0.521. The van der Waals surface area contributed by atoms with Crippen molar-refractivity contribution in [1.29, 1.82) is 5.26 Å². The minimum Gasteiger partial charge on any atom is -0.456 e.